The standard InChI is InChI=1S/C14H18N2O/c1-3-8-12-14(17)13(4-2)16(15-12)11-9-6-5-7-10-11/h5-7,9-10,17H,3-4,8H2,1-2H3. The average Bonchev–Trinajstić information content (AvgIpc) is 2.68. The van der Waals surface area contributed by atoms with Crippen molar-refractivity contribution in [1.29, 1.82) is 0 Å². The van der Waals surface area contributed by atoms with Crippen LogP contribution in [-0.2, 0) is 12.8 Å². The minimum Gasteiger partial charge on any atom is -0.504 e. The van der Waals surface area contributed by atoms with Crippen LogP contribution in [0.25, 0.3) is 5.69 Å². The van der Waals surface area contributed by atoms with E-state index in [9.17, 15) is 5.11 Å². The quantitative estimate of drug-likeness (QED) is 0.876. The Morgan fingerprint density at radius 1 is 1.18 bits per heavy atom. The molecule has 2 aromatic rings. The van der Waals surface area contributed by atoms with Crippen LogP contribution in [-0.4, -0.2) is 14.9 Å². The van der Waals surface area contributed by atoms with Crippen LogP contribution in [0.15, 0.2) is 30.3 Å². The zero-order valence-corrected chi connectivity index (χ0v) is 10.3. The van der Waals surface area contributed by atoms with Crippen molar-refractivity contribution in [3.63, 3.8) is 0 Å². The van der Waals surface area contributed by atoms with Gasteiger partial charge in [-0.25, -0.2) is 4.68 Å². The van der Waals surface area contributed by atoms with Gasteiger partial charge in [0.2, 0.25) is 0 Å². The summed E-state index contributed by atoms with van der Waals surface area (Å²) in [7, 11) is 0. The Labute approximate surface area is 102 Å². The highest BCUT2D eigenvalue weighted by Gasteiger charge is 2.15. The summed E-state index contributed by atoms with van der Waals surface area (Å²) in [5, 5.41) is 14.6. The molecule has 0 radical (unpaired) electrons. The number of nitrogens with zero attached hydrogens (tertiary/aromatic N) is 2. The van der Waals surface area contributed by atoms with Gasteiger partial charge in [-0.1, -0.05) is 38.5 Å². The van der Waals surface area contributed by atoms with Gasteiger partial charge in [-0.2, -0.15) is 5.10 Å². The van der Waals surface area contributed by atoms with Crippen LogP contribution in [0.3, 0.4) is 0 Å². The topological polar surface area (TPSA) is 38.0 Å². The second-order valence-electron chi connectivity index (χ2n) is 4.09. The largest absolute Gasteiger partial charge is 0.504 e. The third kappa shape index (κ3) is 2.18. The van der Waals surface area contributed by atoms with Gasteiger partial charge in [0, 0.05) is 0 Å². The Balaban J connectivity index is 2.50. The van der Waals surface area contributed by atoms with Crippen LogP contribution < -0.4 is 0 Å². The molecule has 0 aliphatic heterocycles. The van der Waals surface area contributed by atoms with Gasteiger partial charge < -0.3 is 5.11 Å². The summed E-state index contributed by atoms with van der Waals surface area (Å²) >= 11 is 0. The molecule has 17 heavy (non-hydrogen) atoms. The number of rotatable bonds is 4. The van der Waals surface area contributed by atoms with Gasteiger partial charge in [0.05, 0.1) is 11.4 Å². The summed E-state index contributed by atoms with van der Waals surface area (Å²) < 4.78 is 1.85. The SMILES string of the molecule is CCCc1nn(-c2ccccc2)c(CC)c1O. The Bertz CT molecular complexity index is 488. The highest BCUT2D eigenvalue weighted by molar-refractivity contribution is 5.40. The lowest BCUT2D eigenvalue weighted by Gasteiger charge is -2.04. The summed E-state index contributed by atoms with van der Waals surface area (Å²) in [4.78, 5) is 0. The molecule has 0 fully saturated rings. The van der Waals surface area contributed by atoms with Crippen LogP contribution >= 0.6 is 0 Å². The zero-order chi connectivity index (χ0) is 12.3. The van der Waals surface area contributed by atoms with Crippen LogP contribution in [0.5, 0.6) is 5.75 Å². The molecule has 1 N–H and O–H groups in total. The van der Waals surface area contributed by atoms with Crippen LogP contribution in [0, 0.1) is 0 Å². The van der Waals surface area contributed by atoms with Crippen molar-refractivity contribution in [2.45, 2.75) is 33.1 Å². The van der Waals surface area contributed by atoms with Crippen molar-refractivity contribution in [2.75, 3.05) is 0 Å². The van der Waals surface area contributed by atoms with E-state index in [1.54, 1.807) is 0 Å². The van der Waals surface area contributed by atoms with Crippen molar-refractivity contribution in [3.8, 4) is 11.4 Å². The predicted molar refractivity (Wildman–Crippen MR) is 68.6 cm³/mol. The molecule has 0 amide bonds. The fourth-order valence-electron chi connectivity index (χ4n) is 2.00. The molecule has 3 heteroatoms. The number of benzene rings is 1. The molecular weight excluding hydrogens is 212 g/mol. The van der Waals surface area contributed by atoms with Gasteiger partial charge in [-0.3, -0.25) is 0 Å². The van der Waals surface area contributed by atoms with Gasteiger partial charge in [-0.05, 0) is 25.0 Å². The van der Waals surface area contributed by atoms with E-state index in [0.717, 1.165) is 36.3 Å². The van der Waals surface area contributed by atoms with E-state index in [0.29, 0.717) is 5.75 Å². The van der Waals surface area contributed by atoms with Gasteiger partial charge >= 0.3 is 0 Å². The second kappa shape index (κ2) is 5.04. The Morgan fingerprint density at radius 3 is 2.47 bits per heavy atom. The molecule has 0 unspecified atom stereocenters. The molecule has 2 rings (SSSR count). The molecule has 0 saturated carbocycles. The molecule has 0 aliphatic rings. The lowest BCUT2D eigenvalue weighted by Crippen LogP contribution is -2.01. The van der Waals surface area contributed by atoms with Crippen molar-refractivity contribution in [1.82, 2.24) is 9.78 Å². The van der Waals surface area contributed by atoms with E-state index in [1.165, 1.54) is 0 Å². The Hall–Kier alpha value is -1.77. The Kier molecular flexibility index (Phi) is 3.47. The summed E-state index contributed by atoms with van der Waals surface area (Å²) in [5.74, 6) is 0.359. The lowest BCUT2D eigenvalue weighted by atomic mass is 10.2. The lowest BCUT2D eigenvalue weighted by molar-refractivity contribution is 0.461. The maximum atomic E-state index is 10.1. The molecule has 90 valence electrons. The number of aromatic nitrogens is 2. The molecule has 0 bridgehead atoms. The molecule has 0 saturated heterocycles. The Morgan fingerprint density at radius 2 is 1.88 bits per heavy atom. The molecule has 0 spiro atoms. The van der Waals surface area contributed by atoms with Gasteiger partial charge in [0.15, 0.2) is 5.75 Å². The van der Waals surface area contributed by atoms with Gasteiger partial charge in [0.1, 0.15) is 5.69 Å². The first-order chi connectivity index (χ1) is 8.27. The number of hydrogen-bond donors (Lipinski definition) is 1. The third-order valence-electron chi connectivity index (χ3n) is 2.85. The number of hydrogen-bond acceptors (Lipinski definition) is 2. The maximum Gasteiger partial charge on any atom is 0.160 e. The monoisotopic (exact) mass is 230 g/mol. The predicted octanol–water partition coefficient (Wildman–Crippen LogP) is 3.09. The summed E-state index contributed by atoms with van der Waals surface area (Å²) in [6, 6.07) is 9.94. The van der Waals surface area contributed by atoms with E-state index < -0.39 is 0 Å². The third-order valence-corrected chi connectivity index (χ3v) is 2.85. The molecule has 1 aromatic carbocycles. The van der Waals surface area contributed by atoms with Crippen LogP contribution in [0.2, 0.25) is 0 Å². The van der Waals surface area contributed by atoms with Crippen LogP contribution in [0.4, 0.5) is 0 Å². The van der Waals surface area contributed by atoms with Crippen molar-refractivity contribution < 1.29 is 5.11 Å². The van der Waals surface area contributed by atoms with Crippen LogP contribution in [0.1, 0.15) is 31.7 Å². The van der Waals surface area contributed by atoms with E-state index in [-0.39, 0.29) is 0 Å². The van der Waals surface area contributed by atoms with Crippen molar-refractivity contribution >= 4 is 0 Å². The summed E-state index contributed by atoms with van der Waals surface area (Å²) in [6.07, 6.45) is 2.58. The highest BCUT2D eigenvalue weighted by Crippen LogP contribution is 2.26. The summed E-state index contributed by atoms with van der Waals surface area (Å²) in [6.45, 7) is 4.12. The fourth-order valence-corrected chi connectivity index (χ4v) is 2.00. The first-order valence-corrected chi connectivity index (χ1v) is 6.13. The molecular formula is C14H18N2O. The number of aryl methyl sites for hydroxylation is 1. The average molecular weight is 230 g/mol. The first kappa shape index (κ1) is 11.7. The number of para-hydroxylation sites is 1. The first-order valence-electron chi connectivity index (χ1n) is 6.13. The number of aromatic hydroxyl groups is 1. The fraction of sp³-hybridized carbons (Fsp3) is 0.357. The van der Waals surface area contributed by atoms with E-state index in [1.807, 2.05) is 41.9 Å². The molecule has 0 atom stereocenters. The van der Waals surface area contributed by atoms with E-state index >= 15 is 0 Å². The van der Waals surface area contributed by atoms with Gasteiger partial charge in [-0.15, -0.1) is 0 Å². The van der Waals surface area contributed by atoms with E-state index in [4.69, 9.17) is 0 Å². The smallest absolute Gasteiger partial charge is 0.160 e. The zero-order valence-electron chi connectivity index (χ0n) is 10.3. The maximum absolute atomic E-state index is 10.1. The minimum atomic E-state index is 0.359. The molecule has 1 heterocycles. The normalized spacial score (nSPS) is 10.7. The molecule has 0 aliphatic carbocycles. The molecule has 3 nitrogen and oxygen atoms in total. The van der Waals surface area contributed by atoms with Gasteiger partial charge in [0.25, 0.3) is 0 Å². The van der Waals surface area contributed by atoms with Crippen molar-refractivity contribution in [3.05, 3.63) is 41.7 Å². The summed E-state index contributed by atoms with van der Waals surface area (Å²) in [5.41, 5.74) is 2.69. The molecule has 1 aromatic heterocycles. The highest BCUT2D eigenvalue weighted by atomic mass is 16.3. The second-order valence-corrected chi connectivity index (χ2v) is 4.09. The van der Waals surface area contributed by atoms with E-state index in [2.05, 4.69) is 12.0 Å². The van der Waals surface area contributed by atoms with Crippen molar-refractivity contribution in [2.24, 2.45) is 0 Å². The minimum absolute atomic E-state index is 0.359.